The molecule has 25 heavy (non-hydrogen) atoms. The summed E-state index contributed by atoms with van der Waals surface area (Å²) in [6.45, 7) is 6.35. The highest BCUT2D eigenvalue weighted by molar-refractivity contribution is 6.00. The molecule has 1 N–H and O–H groups in total. The average molecular weight is 340 g/mol. The molecule has 3 unspecified atom stereocenters. The first-order valence-corrected chi connectivity index (χ1v) is 9.23. The molecule has 0 amide bonds. The lowest BCUT2D eigenvalue weighted by Crippen LogP contribution is -2.14. The molecule has 0 spiro atoms. The van der Waals surface area contributed by atoms with E-state index in [9.17, 15) is 9.90 Å². The van der Waals surface area contributed by atoms with Crippen LogP contribution in [0.1, 0.15) is 62.1 Å². The third-order valence-corrected chi connectivity index (χ3v) is 6.05. The molecule has 2 aliphatic carbocycles. The predicted molar refractivity (Wildman–Crippen MR) is 96.5 cm³/mol. The smallest absolute Gasteiger partial charge is 0.507 e. The Labute approximate surface area is 147 Å². The Kier molecular flexibility index (Phi) is 3.86. The van der Waals surface area contributed by atoms with Crippen molar-refractivity contribution in [2.75, 3.05) is 6.61 Å². The molecule has 1 fully saturated rings. The minimum absolute atomic E-state index is 0.278. The van der Waals surface area contributed by atoms with Gasteiger partial charge < -0.3 is 14.6 Å². The maximum Gasteiger partial charge on any atom is 0.513 e. The van der Waals surface area contributed by atoms with Gasteiger partial charge in [0.15, 0.2) is 0 Å². The monoisotopic (exact) mass is 340 g/mol. The first-order chi connectivity index (χ1) is 12.1. The van der Waals surface area contributed by atoms with E-state index in [4.69, 9.17) is 9.47 Å². The maximum atomic E-state index is 12.1. The number of benzene rings is 2. The van der Waals surface area contributed by atoms with Crippen molar-refractivity contribution in [3.8, 4) is 11.5 Å². The molecule has 0 aliphatic heterocycles. The van der Waals surface area contributed by atoms with Crippen molar-refractivity contribution in [1.29, 1.82) is 0 Å². The molecule has 4 rings (SSSR count). The average Bonchev–Trinajstić information content (AvgIpc) is 3.11. The van der Waals surface area contributed by atoms with Gasteiger partial charge in [-0.05, 0) is 49.5 Å². The van der Waals surface area contributed by atoms with Crippen LogP contribution < -0.4 is 4.74 Å². The van der Waals surface area contributed by atoms with Gasteiger partial charge in [0.1, 0.15) is 11.5 Å². The molecule has 2 aliphatic rings. The number of aromatic hydroxyl groups is 1. The van der Waals surface area contributed by atoms with Crippen molar-refractivity contribution in [3.63, 3.8) is 0 Å². The molecule has 3 atom stereocenters. The van der Waals surface area contributed by atoms with Crippen LogP contribution in [-0.4, -0.2) is 17.9 Å². The molecule has 0 saturated heterocycles. The number of phenols is 1. The van der Waals surface area contributed by atoms with Crippen molar-refractivity contribution in [2.45, 2.75) is 51.9 Å². The van der Waals surface area contributed by atoms with Crippen molar-refractivity contribution in [2.24, 2.45) is 5.92 Å². The SMILES string of the molecule is CCOC(=O)Oc1c2c(c(O)c3cccc(CC)c13)C1CCC2C1C. The molecule has 2 aromatic carbocycles. The van der Waals surface area contributed by atoms with Gasteiger partial charge in [-0.1, -0.05) is 32.0 Å². The van der Waals surface area contributed by atoms with E-state index in [0.29, 0.717) is 29.3 Å². The van der Waals surface area contributed by atoms with E-state index in [1.165, 1.54) is 0 Å². The summed E-state index contributed by atoms with van der Waals surface area (Å²) in [5.74, 6) is 2.13. The van der Waals surface area contributed by atoms with Crippen LogP contribution in [0.4, 0.5) is 4.79 Å². The van der Waals surface area contributed by atoms with Gasteiger partial charge in [0.25, 0.3) is 0 Å². The van der Waals surface area contributed by atoms with E-state index in [1.807, 2.05) is 18.2 Å². The van der Waals surface area contributed by atoms with Crippen LogP contribution in [0.3, 0.4) is 0 Å². The van der Waals surface area contributed by atoms with Crippen LogP contribution in [0.2, 0.25) is 0 Å². The van der Waals surface area contributed by atoms with Crippen molar-refractivity contribution in [3.05, 3.63) is 34.9 Å². The molecule has 132 valence electrons. The molecule has 0 heterocycles. The first-order valence-electron chi connectivity index (χ1n) is 9.23. The topological polar surface area (TPSA) is 55.8 Å². The normalized spacial score (nSPS) is 23.7. The second-order valence-corrected chi connectivity index (χ2v) is 7.13. The first kappa shape index (κ1) is 16.2. The highest BCUT2D eigenvalue weighted by Gasteiger charge is 2.48. The zero-order valence-electron chi connectivity index (χ0n) is 15.0. The lowest BCUT2D eigenvalue weighted by molar-refractivity contribution is 0.104. The van der Waals surface area contributed by atoms with Crippen LogP contribution in [0.25, 0.3) is 10.8 Å². The summed E-state index contributed by atoms with van der Waals surface area (Å²) in [4.78, 5) is 12.1. The highest BCUT2D eigenvalue weighted by atomic mass is 16.7. The van der Waals surface area contributed by atoms with Crippen LogP contribution in [-0.2, 0) is 11.2 Å². The van der Waals surface area contributed by atoms with Gasteiger partial charge in [0.05, 0.1) is 6.61 Å². The Morgan fingerprint density at radius 3 is 2.60 bits per heavy atom. The number of carbonyl (C=O) groups excluding carboxylic acids is 1. The minimum Gasteiger partial charge on any atom is -0.507 e. The van der Waals surface area contributed by atoms with E-state index in [0.717, 1.165) is 46.7 Å². The second-order valence-electron chi connectivity index (χ2n) is 7.13. The van der Waals surface area contributed by atoms with Crippen LogP contribution >= 0.6 is 0 Å². The summed E-state index contributed by atoms with van der Waals surface area (Å²) in [7, 11) is 0. The Morgan fingerprint density at radius 1 is 1.20 bits per heavy atom. The molecule has 1 saturated carbocycles. The van der Waals surface area contributed by atoms with E-state index in [-0.39, 0.29) is 6.61 Å². The standard InChI is InChI=1S/C21H24O4/c1-4-12-7-6-8-15-16(12)20(25-21(23)24-5-2)18-14-10-9-13(11(14)3)17(18)19(15)22/h6-8,11,13-14,22H,4-5,9-10H2,1-3H3. The van der Waals surface area contributed by atoms with Gasteiger partial charge in [-0.25, -0.2) is 4.79 Å². The predicted octanol–water partition coefficient (Wildman–Crippen LogP) is 5.25. The Morgan fingerprint density at radius 2 is 1.92 bits per heavy atom. The fraction of sp³-hybridized carbons (Fsp3) is 0.476. The van der Waals surface area contributed by atoms with Gasteiger partial charge >= 0.3 is 6.16 Å². The van der Waals surface area contributed by atoms with E-state index >= 15 is 0 Å². The van der Waals surface area contributed by atoms with Crippen LogP contribution in [0.5, 0.6) is 11.5 Å². The van der Waals surface area contributed by atoms with Crippen molar-refractivity contribution >= 4 is 16.9 Å². The summed E-state index contributed by atoms with van der Waals surface area (Å²) in [5.41, 5.74) is 3.09. The Balaban J connectivity index is 2.03. The largest absolute Gasteiger partial charge is 0.513 e. The van der Waals surface area contributed by atoms with Gasteiger partial charge in [-0.2, -0.15) is 0 Å². The molecule has 2 bridgehead atoms. The van der Waals surface area contributed by atoms with E-state index in [1.54, 1.807) is 6.92 Å². The molecular weight excluding hydrogens is 316 g/mol. The lowest BCUT2D eigenvalue weighted by Gasteiger charge is -2.23. The number of ether oxygens (including phenoxy) is 2. The number of carbonyl (C=O) groups is 1. The van der Waals surface area contributed by atoms with Gasteiger partial charge in [0, 0.05) is 21.9 Å². The fourth-order valence-electron chi connectivity index (χ4n) is 4.95. The maximum absolute atomic E-state index is 12.1. The van der Waals surface area contributed by atoms with Crippen molar-refractivity contribution < 1.29 is 19.4 Å². The summed E-state index contributed by atoms with van der Waals surface area (Å²) in [6, 6.07) is 5.90. The van der Waals surface area contributed by atoms with Gasteiger partial charge in [-0.15, -0.1) is 0 Å². The van der Waals surface area contributed by atoms with Crippen LogP contribution in [0.15, 0.2) is 18.2 Å². The third kappa shape index (κ3) is 2.23. The third-order valence-electron chi connectivity index (χ3n) is 6.05. The number of fused-ring (bicyclic) bond motifs is 6. The molecule has 0 aromatic heterocycles. The van der Waals surface area contributed by atoms with Gasteiger partial charge in [-0.3, -0.25) is 0 Å². The molecule has 4 heteroatoms. The Hall–Kier alpha value is -2.23. The second kappa shape index (κ2) is 5.94. The molecule has 4 nitrogen and oxygen atoms in total. The zero-order valence-corrected chi connectivity index (χ0v) is 15.0. The number of rotatable bonds is 3. The van der Waals surface area contributed by atoms with E-state index < -0.39 is 6.16 Å². The number of hydrogen-bond donors (Lipinski definition) is 1. The quantitative estimate of drug-likeness (QED) is 0.612. The highest BCUT2D eigenvalue weighted by Crippen LogP contribution is 2.63. The lowest BCUT2D eigenvalue weighted by atomic mass is 9.86. The summed E-state index contributed by atoms with van der Waals surface area (Å²) < 4.78 is 10.8. The van der Waals surface area contributed by atoms with E-state index in [2.05, 4.69) is 13.8 Å². The fourth-order valence-corrected chi connectivity index (χ4v) is 4.95. The summed E-state index contributed by atoms with van der Waals surface area (Å²) in [6.07, 6.45) is 2.30. The molecule has 0 radical (unpaired) electrons. The molecule has 2 aromatic rings. The minimum atomic E-state index is -0.668. The number of aryl methyl sites for hydroxylation is 1. The summed E-state index contributed by atoms with van der Waals surface area (Å²) >= 11 is 0. The number of phenolic OH excluding ortho intramolecular Hbond substituents is 1. The number of hydrogen-bond acceptors (Lipinski definition) is 4. The Bertz CT molecular complexity index is 855. The zero-order chi connectivity index (χ0) is 17.7. The molecular formula is C21H24O4. The van der Waals surface area contributed by atoms with Crippen LogP contribution in [0, 0.1) is 5.92 Å². The van der Waals surface area contributed by atoms with Crippen molar-refractivity contribution in [1.82, 2.24) is 0 Å². The summed E-state index contributed by atoms with van der Waals surface area (Å²) in [5, 5.41) is 12.7. The van der Waals surface area contributed by atoms with Gasteiger partial charge in [0.2, 0.25) is 0 Å².